The van der Waals surface area contributed by atoms with Gasteiger partial charge in [-0.05, 0) is 52.1 Å². The summed E-state index contributed by atoms with van der Waals surface area (Å²) in [7, 11) is 3.61. The van der Waals surface area contributed by atoms with Crippen molar-refractivity contribution >= 4 is 18.4 Å². The number of carbonyl (C=O) groups excluding carboxylic acids is 1. The normalized spacial score (nSPS) is 10.9. The third kappa shape index (κ3) is 5.80. The molecule has 4 nitrogen and oxygen atoms in total. The van der Waals surface area contributed by atoms with Gasteiger partial charge in [-0.1, -0.05) is 0 Å². The molecule has 0 aromatic heterocycles. The van der Waals surface area contributed by atoms with Crippen LogP contribution < -0.4 is 4.74 Å². The van der Waals surface area contributed by atoms with Crippen molar-refractivity contribution in [3.63, 3.8) is 0 Å². The molecule has 0 heterocycles. The van der Waals surface area contributed by atoms with Gasteiger partial charge in [-0.15, -0.1) is 12.4 Å². The van der Waals surface area contributed by atoms with Crippen molar-refractivity contribution in [3.05, 3.63) is 29.8 Å². The molecule has 1 aromatic rings. The molecule has 0 spiro atoms. The number of hydrogen-bond donors (Lipinski definition) is 0. The monoisotopic (exact) mass is 301 g/mol. The number of halogens is 1. The summed E-state index contributed by atoms with van der Waals surface area (Å²) in [5, 5.41) is 0. The van der Waals surface area contributed by atoms with Gasteiger partial charge in [0.15, 0.2) is 0 Å². The smallest absolute Gasteiger partial charge is 0.338 e. The molecular weight excluding hydrogens is 278 g/mol. The van der Waals surface area contributed by atoms with Gasteiger partial charge in [0.05, 0.1) is 12.7 Å². The van der Waals surface area contributed by atoms with Crippen LogP contribution in [0.3, 0.4) is 0 Å². The zero-order valence-corrected chi connectivity index (χ0v) is 13.6. The summed E-state index contributed by atoms with van der Waals surface area (Å²) in [6, 6.07) is 6.90. The molecule has 0 unspecified atom stereocenters. The maximum Gasteiger partial charge on any atom is 0.338 e. The Hall–Kier alpha value is -1.26. The van der Waals surface area contributed by atoms with E-state index in [0.717, 1.165) is 5.75 Å². The Balaban J connectivity index is 0.00000361. The zero-order valence-electron chi connectivity index (χ0n) is 12.8. The number of rotatable bonds is 5. The summed E-state index contributed by atoms with van der Waals surface area (Å²) in [4.78, 5) is 13.9. The molecule has 0 amide bonds. The lowest BCUT2D eigenvalue weighted by Gasteiger charge is -2.31. The Bertz CT molecular complexity index is 412. The molecule has 0 aliphatic heterocycles. The highest BCUT2D eigenvalue weighted by molar-refractivity contribution is 5.89. The van der Waals surface area contributed by atoms with Crippen molar-refractivity contribution in [1.82, 2.24) is 4.90 Å². The van der Waals surface area contributed by atoms with E-state index in [2.05, 4.69) is 25.7 Å². The lowest BCUT2D eigenvalue weighted by molar-refractivity contribution is 0.0423. The van der Waals surface area contributed by atoms with E-state index in [1.807, 2.05) is 7.05 Å². The van der Waals surface area contributed by atoms with Crippen molar-refractivity contribution in [1.29, 1.82) is 0 Å². The number of esters is 1. The van der Waals surface area contributed by atoms with Crippen molar-refractivity contribution in [2.24, 2.45) is 0 Å². The van der Waals surface area contributed by atoms with Gasteiger partial charge in [0, 0.05) is 12.1 Å². The highest BCUT2D eigenvalue weighted by Gasteiger charge is 2.17. The minimum atomic E-state index is -0.301. The van der Waals surface area contributed by atoms with Crippen LogP contribution in [-0.2, 0) is 4.74 Å². The van der Waals surface area contributed by atoms with Crippen LogP contribution in [0.1, 0.15) is 31.1 Å². The van der Waals surface area contributed by atoms with Crippen molar-refractivity contribution in [3.8, 4) is 5.75 Å². The van der Waals surface area contributed by atoms with Gasteiger partial charge >= 0.3 is 5.97 Å². The lowest BCUT2D eigenvalue weighted by atomic mass is 10.1. The molecular formula is C15H24ClNO3. The highest BCUT2D eigenvalue weighted by atomic mass is 35.5. The van der Waals surface area contributed by atoms with Gasteiger partial charge in [0.25, 0.3) is 0 Å². The van der Waals surface area contributed by atoms with E-state index in [4.69, 9.17) is 9.47 Å². The molecule has 0 saturated carbocycles. The summed E-state index contributed by atoms with van der Waals surface area (Å²) >= 11 is 0. The molecule has 0 aliphatic carbocycles. The molecule has 114 valence electrons. The number of hydrogen-bond acceptors (Lipinski definition) is 4. The van der Waals surface area contributed by atoms with Crippen molar-refractivity contribution in [2.45, 2.75) is 26.3 Å². The first-order chi connectivity index (χ1) is 8.84. The van der Waals surface area contributed by atoms with Crippen LogP contribution in [-0.4, -0.2) is 43.7 Å². The Kier molecular flexibility index (Phi) is 7.61. The maximum atomic E-state index is 11.8. The molecule has 0 atom stereocenters. The quantitative estimate of drug-likeness (QED) is 0.784. The third-order valence-electron chi connectivity index (χ3n) is 3.13. The number of carbonyl (C=O) groups is 1. The number of ether oxygens (including phenoxy) is 2. The third-order valence-corrected chi connectivity index (χ3v) is 3.13. The first-order valence-corrected chi connectivity index (χ1v) is 6.37. The van der Waals surface area contributed by atoms with E-state index in [1.54, 1.807) is 31.4 Å². The summed E-state index contributed by atoms with van der Waals surface area (Å²) in [6.07, 6.45) is 0. The van der Waals surface area contributed by atoms with Crippen LogP contribution in [0.5, 0.6) is 5.75 Å². The SMILES string of the molecule is COc1ccc(C(=O)OCCN(C)C(C)(C)C)cc1.Cl. The summed E-state index contributed by atoms with van der Waals surface area (Å²) < 4.78 is 10.3. The van der Waals surface area contributed by atoms with Gasteiger partial charge in [0.1, 0.15) is 12.4 Å². The maximum absolute atomic E-state index is 11.8. The van der Waals surface area contributed by atoms with E-state index >= 15 is 0 Å². The van der Waals surface area contributed by atoms with E-state index in [9.17, 15) is 4.79 Å². The minimum Gasteiger partial charge on any atom is -0.497 e. The van der Waals surface area contributed by atoms with Gasteiger partial charge in [0.2, 0.25) is 0 Å². The molecule has 5 heteroatoms. The Morgan fingerprint density at radius 2 is 1.75 bits per heavy atom. The molecule has 0 fully saturated rings. The predicted octanol–water partition coefficient (Wildman–Crippen LogP) is 3.00. The van der Waals surface area contributed by atoms with Gasteiger partial charge in [-0.2, -0.15) is 0 Å². The van der Waals surface area contributed by atoms with Crippen LogP contribution in [0, 0.1) is 0 Å². The van der Waals surface area contributed by atoms with Crippen LogP contribution >= 0.6 is 12.4 Å². The largest absolute Gasteiger partial charge is 0.497 e. The number of benzene rings is 1. The lowest BCUT2D eigenvalue weighted by Crippen LogP contribution is -2.40. The number of likely N-dealkylation sites (N-methyl/N-ethyl adjacent to an activating group) is 1. The predicted molar refractivity (Wildman–Crippen MR) is 82.9 cm³/mol. The molecule has 1 aromatic carbocycles. The average Bonchev–Trinajstić information content (AvgIpc) is 2.37. The Morgan fingerprint density at radius 1 is 1.20 bits per heavy atom. The van der Waals surface area contributed by atoms with Crippen LogP contribution in [0.4, 0.5) is 0 Å². The molecule has 0 bridgehead atoms. The van der Waals surface area contributed by atoms with E-state index < -0.39 is 0 Å². The summed E-state index contributed by atoms with van der Waals surface area (Å²) in [5.74, 6) is 0.425. The minimum absolute atomic E-state index is 0. The molecule has 0 saturated heterocycles. The molecule has 1 rings (SSSR count). The number of nitrogens with zero attached hydrogens (tertiary/aromatic N) is 1. The average molecular weight is 302 g/mol. The fourth-order valence-electron chi connectivity index (χ4n) is 1.42. The van der Waals surface area contributed by atoms with E-state index in [0.29, 0.717) is 18.7 Å². The van der Waals surface area contributed by atoms with Crippen LogP contribution in [0.25, 0.3) is 0 Å². The number of methoxy groups -OCH3 is 1. The second-order valence-corrected chi connectivity index (χ2v) is 5.46. The standard InChI is InChI=1S/C15H23NO3.ClH/c1-15(2,3)16(4)10-11-19-14(17)12-6-8-13(18-5)9-7-12;/h6-9H,10-11H2,1-5H3;1H. The van der Waals surface area contributed by atoms with Gasteiger partial charge < -0.3 is 9.47 Å². The van der Waals surface area contributed by atoms with Crippen molar-refractivity contribution < 1.29 is 14.3 Å². The highest BCUT2D eigenvalue weighted by Crippen LogP contribution is 2.13. The van der Waals surface area contributed by atoms with Crippen LogP contribution in [0.2, 0.25) is 0 Å². The zero-order chi connectivity index (χ0) is 14.5. The second kappa shape index (κ2) is 8.12. The van der Waals surface area contributed by atoms with E-state index in [1.165, 1.54) is 0 Å². The van der Waals surface area contributed by atoms with E-state index in [-0.39, 0.29) is 23.9 Å². The molecule has 0 N–H and O–H groups in total. The first kappa shape index (κ1) is 18.7. The fourth-order valence-corrected chi connectivity index (χ4v) is 1.42. The van der Waals surface area contributed by atoms with Crippen molar-refractivity contribution in [2.75, 3.05) is 27.3 Å². The summed E-state index contributed by atoms with van der Waals surface area (Å²) in [5.41, 5.74) is 0.617. The first-order valence-electron chi connectivity index (χ1n) is 6.37. The Morgan fingerprint density at radius 3 is 2.20 bits per heavy atom. The Labute approximate surface area is 127 Å². The molecule has 0 radical (unpaired) electrons. The molecule has 0 aliphatic rings. The topological polar surface area (TPSA) is 38.8 Å². The second-order valence-electron chi connectivity index (χ2n) is 5.46. The van der Waals surface area contributed by atoms with Crippen LogP contribution in [0.15, 0.2) is 24.3 Å². The molecule has 20 heavy (non-hydrogen) atoms. The fraction of sp³-hybridized carbons (Fsp3) is 0.533. The summed E-state index contributed by atoms with van der Waals surface area (Å²) in [6.45, 7) is 7.47. The van der Waals surface area contributed by atoms with Gasteiger partial charge in [-0.3, -0.25) is 4.90 Å². The van der Waals surface area contributed by atoms with Gasteiger partial charge in [-0.25, -0.2) is 4.79 Å².